The number of hydrogen-bond acceptors (Lipinski definition) is 6. The summed E-state index contributed by atoms with van der Waals surface area (Å²) in [4.78, 5) is 26.3. The van der Waals surface area contributed by atoms with E-state index < -0.39 is 0 Å². The van der Waals surface area contributed by atoms with Gasteiger partial charge in [-0.25, -0.2) is 9.97 Å². The average molecular weight is 422 g/mol. The Labute approximate surface area is 184 Å². The molecule has 3 heterocycles. The van der Waals surface area contributed by atoms with Crippen LogP contribution in [0.5, 0.6) is 0 Å². The summed E-state index contributed by atoms with van der Waals surface area (Å²) in [6.45, 7) is 4.34. The number of nitrogens with one attached hydrogen (secondary N) is 1. The fourth-order valence-corrected chi connectivity index (χ4v) is 4.22. The number of benzene rings is 1. The Morgan fingerprint density at radius 1 is 1.23 bits per heavy atom. The van der Waals surface area contributed by atoms with Crippen LogP contribution < -0.4 is 5.32 Å². The Morgan fingerprint density at radius 2 is 2.06 bits per heavy atom. The number of likely N-dealkylation sites (N-methyl/N-ethyl adjacent to an activating group) is 1. The summed E-state index contributed by atoms with van der Waals surface area (Å²) in [5, 5.41) is 3.15. The topological polar surface area (TPSA) is 70.6 Å². The van der Waals surface area contributed by atoms with Gasteiger partial charge in [-0.3, -0.25) is 9.69 Å². The standard InChI is InChI=1S/C24H31N5O2/c1-25-22-12-21(20-11-24(30)29(15-20)14-18-7-4-3-5-8-18)26-23(27-22)16-28(2)13-19-9-6-10-31-17-19/h3-5,7-9,12,20H,6,10-11,13-17H2,1-2H3,(H,25,26,27). The lowest BCUT2D eigenvalue weighted by Crippen LogP contribution is -2.25. The number of carbonyl (C=O) groups excluding carboxylic acids is 1. The van der Waals surface area contributed by atoms with Gasteiger partial charge in [-0.2, -0.15) is 0 Å². The molecule has 0 saturated carbocycles. The highest BCUT2D eigenvalue weighted by Gasteiger charge is 2.32. The van der Waals surface area contributed by atoms with E-state index >= 15 is 0 Å². The number of rotatable bonds is 8. The van der Waals surface area contributed by atoms with Gasteiger partial charge in [-0.1, -0.05) is 36.4 Å². The Kier molecular flexibility index (Phi) is 6.94. The predicted molar refractivity (Wildman–Crippen MR) is 121 cm³/mol. The average Bonchev–Trinajstić information content (AvgIpc) is 3.15. The van der Waals surface area contributed by atoms with E-state index in [2.05, 4.69) is 40.5 Å². The fourth-order valence-electron chi connectivity index (χ4n) is 4.22. The van der Waals surface area contributed by atoms with Crippen molar-refractivity contribution < 1.29 is 9.53 Å². The molecule has 164 valence electrons. The molecule has 1 saturated heterocycles. The Hall–Kier alpha value is -2.77. The van der Waals surface area contributed by atoms with Crippen molar-refractivity contribution in [3.05, 3.63) is 65.1 Å². The molecule has 0 aliphatic carbocycles. The number of amides is 1. The zero-order valence-corrected chi connectivity index (χ0v) is 18.4. The Bertz CT molecular complexity index is 931. The van der Waals surface area contributed by atoms with Gasteiger partial charge in [-0.05, 0) is 24.6 Å². The molecule has 0 bridgehead atoms. The van der Waals surface area contributed by atoms with Gasteiger partial charge in [0.25, 0.3) is 0 Å². The summed E-state index contributed by atoms with van der Waals surface area (Å²) in [5.74, 6) is 1.84. The van der Waals surface area contributed by atoms with Crippen molar-refractivity contribution in [2.45, 2.75) is 31.8 Å². The van der Waals surface area contributed by atoms with Gasteiger partial charge in [-0.15, -0.1) is 0 Å². The first kappa shape index (κ1) is 21.5. The summed E-state index contributed by atoms with van der Waals surface area (Å²) in [7, 11) is 3.94. The number of anilines is 1. The first-order chi connectivity index (χ1) is 15.1. The summed E-state index contributed by atoms with van der Waals surface area (Å²) in [6.07, 6.45) is 3.74. The number of ether oxygens (including phenoxy) is 1. The van der Waals surface area contributed by atoms with Crippen LogP contribution in [0.2, 0.25) is 0 Å². The Balaban J connectivity index is 1.44. The molecule has 1 amide bonds. The van der Waals surface area contributed by atoms with E-state index in [0.29, 0.717) is 32.7 Å². The lowest BCUT2D eigenvalue weighted by molar-refractivity contribution is -0.128. The molecule has 1 N–H and O–H groups in total. The molecule has 1 fully saturated rings. The van der Waals surface area contributed by atoms with Gasteiger partial charge < -0.3 is 15.0 Å². The van der Waals surface area contributed by atoms with E-state index in [1.54, 1.807) is 0 Å². The van der Waals surface area contributed by atoms with Crippen LogP contribution in [0, 0.1) is 0 Å². The van der Waals surface area contributed by atoms with Gasteiger partial charge >= 0.3 is 0 Å². The smallest absolute Gasteiger partial charge is 0.223 e. The van der Waals surface area contributed by atoms with E-state index in [0.717, 1.165) is 42.5 Å². The van der Waals surface area contributed by atoms with Crippen molar-refractivity contribution in [1.82, 2.24) is 19.8 Å². The van der Waals surface area contributed by atoms with E-state index in [4.69, 9.17) is 9.72 Å². The number of likely N-dealkylation sites (tertiary alicyclic amines) is 1. The summed E-state index contributed by atoms with van der Waals surface area (Å²) in [6, 6.07) is 12.1. The van der Waals surface area contributed by atoms with Crippen LogP contribution >= 0.6 is 0 Å². The van der Waals surface area contributed by atoms with E-state index in [-0.39, 0.29) is 11.8 Å². The maximum absolute atomic E-state index is 12.6. The fraction of sp³-hybridized carbons (Fsp3) is 0.458. The zero-order chi connectivity index (χ0) is 21.6. The first-order valence-electron chi connectivity index (χ1n) is 10.9. The molecule has 1 atom stereocenters. The molecule has 2 aromatic rings. The largest absolute Gasteiger partial charge is 0.377 e. The van der Waals surface area contributed by atoms with Crippen molar-refractivity contribution in [3.63, 3.8) is 0 Å². The zero-order valence-electron chi connectivity index (χ0n) is 18.4. The highest BCUT2D eigenvalue weighted by atomic mass is 16.5. The molecule has 0 radical (unpaired) electrons. The predicted octanol–water partition coefficient (Wildman–Crippen LogP) is 2.81. The summed E-state index contributed by atoms with van der Waals surface area (Å²) in [5.41, 5.74) is 3.39. The first-order valence-corrected chi connectivity index (χ1v) is 10.9. The van der Waals surface area contributed by atoms with Crippen molar-refractivity contribution in [2.75, 3.05) is 45.7 Å². The van der Waals surface area contributed by atoms with Crippen LogP contribution in [0.1, 0.15) is 35.8 Å². The van der Waals surface area contributed by atoms with Crippen LogP contribution in [0.25, 0.3) is 0 Å². The molecule has 2 aliphatic heterocycles. The minimum Gasteiger partial charge on any atom is -0.377 e. The molecule has 1 unspecified atom stereocenters. The quantitative estimate of drug-likeness (QED) is 0.661. The third-order valence-electron chi connectivity index (χ3n) is 5.76. The molecule has 7 nitrogen and oxygen atoms in total. The lowest BCUT2D eigenvalue weighted by Gasteiger charge is -2.21. The third-order valence-corrected chi connectivity index (χ3v) is 5.76. The lowest BCUT2D eigenvalue weighted by atomic mass is 10.0. The molecule has 4 rings (SSSR count). The van der Waals surface area contributed by atoms with Crippen LogP contribution in [0.4, 0.5) is 5.82 Å². The molecule has 31 heavy (non-hydrogen) atoms. The number of nitrogens with zero attached hydrogens (tertiary/aromatic N) is 4. The summed E-state index contributed by atoms with van der Waals surface area (Å²) >= 11 is 0. The normalized spacial score (nSPS) is 19.1. The SMILES string of the molecule is CNc1cc(C2CC(=O)N(Cc3ccccc3)C2)nc(CN(C)CC2=CCCOC2)n1. The molecule has 0 spiro atoms. The molecular formula is C24H31N5O2. The van der Waals surface area contributed by atoms with Gasteiger partial charge in [0, 0.05) is 45.1 Å². The molecule has 1 aromatic heterocycles. The van der Waals surface area contributed by atoms with Gasteiger partial charge in [0.15, 0.2) is 0 Å². The number of aromatic nitrogens is 2. The van der Waals surface area contributed by atoms with Gasteiger partial charge in [0.1, 0.15) is 11.6 Å². The van der Waals surface area contributed by atoms with Crippen molar-refractivity contribution >= 4 is 11.7 Å². The van der Waals surface area contributed by atoms with Gasteiger partial charge in [0.05, 0.1) is 25.5 Å². The van der Waals surface area contributed by atoms with E-state index in [1.807, 2.05) is 36.2 Å². The molecule has 7 heteroatoms. The van der Waals surface area contributed by atoms with Crippen LogP contribution in [0.15, 0.2) is 48.0 Å². The highest BCUT2D eigenvalue weighted by molar-refractivity contribution is 5.79. The van der Waals surface area contributed by atoms with Crippen LogP contribution in [-0.4, -0.2) is 66.1 Å². The van der Waals surface area contributed by atoms with E-state index in [1.165, 1.54) is 5.57 Å². The second kappa shape index (κ2) is 10.0. The van der Waals surface area contributed by atoms with Crippen LogP contribution in [-0.2, 0) is 22.6 Å². The van der Waals surface area contributed by atoms with Crippen molar-refractivity contribution in [2.24, 2.45) is 0 Å². The van der Waals surface area contributed by atoms with Crippen molar-refractivity contribution in [1.29, 1.82) is 0 Å². The highest BCUT2D eigenvalue weighted by Crippen LogP contribution is 2.29. The Morgan fingerprint density at radius 3 is 2.81 bits per heavy atom. The molecule has 2 aliphatic rings. The van der Waals surface area contributed by atoms with Gasteiger partial charge in [0.2, 0.25) is 5.91 Å². The van der Waals surface area contributed by atoms with E-state index in [9.17, 15) is 4.79 Å². The minimum absolute atomic E-state index is 0.0878. The minimum atomic E-state index is 0.0878. The molecule has 1 aromatic carbocycles. The van der Waals surface area contributed by atoms with Crippen molar-refractivity contribution in [3.8, 4) is 0 Å². The second-order valence-electron chi connectivity index (χ2n) is 8.38. The monoisotopic (exact) mass is 421 g/mol. The summed E-state index contributed by atoms with van der Waals surface area (Å²) < 4.78 is 5.55. The number of hydrogen-bond donors (Lipinski definition) is 1. The number of carbonyl (C=O) groups is 1. The second-order valence-corrected chi connectivity index (χ2v) is 8.38. The third kappa shape index (κ3) is 5.68. The van der Waals surface area contributed by atoms with Crippen LogP contribution in [0.3, 0.4) is 0 Å². The molecular weight excluding hydrogens is 390 g/mol. The maximum atomic E-state index is 12.6. The maximum Gasteiger partial charge on any atom is 0.223 e.